The van der Waals surface area contributed by atoms with Crippen LogP contribution < -0.4 is 0 Å². The van der Waals surface area contributed by atoms with Gasteiger partial charge in [0.05, 0.1) is 4.90 Å². The van der Waals surface area contributed by atoms with Gasteiger partial charge in [0, 0.05) is 55.4 Å². The van der Waals surface area contributed by atoms with Crippen molar-refractivity contribution < 1.29 is 13.2 Å². The highest BCUT2D eigenvalue weighted by atomic mass is 32.2. The van der Waals surface area contributed by atoms with Crippen LogP contribution in [0.15, 0.2) is 53.6 Å². The van der Waals surface area contributed by atoms with Crippen molar-refractivity contribution in [1.29, 1.82) is 0 Å². The number of nitrogens with zero attached hydrogens (tertiary/aromatic N) is 4. The predicted molar refractivity (Wildman–Crippen MR) is 115 cm³/mol. The quantitative estimate of drug-likeness (QED) is 0.629. The molecule has 156 valence electrons. The smallest absolute Gasteiger partial charge is 0.254 e. The molecule has 0 radical (unpaired) electrons. The van der Waals surface area contributed by atoms with Gasteiger partial charge >= 0.3 is 0 Å². The normalized spacial score (nSPS) is 14.2. The van der Waals surface area contributed by atoms with Gasteiger partial charge in [0.15, 0.2) is 5.65 Å². The van der Waals surface area contributed by atoms with E-state index in [0.29, 0.717) is 38.2 Å². The van der Waals surface area contributed by atoms with Crippen LogP contribution in [0.2, 0.25) is 0 Å². The largest absolute Gasteiger partial charge is 0.334 e. The molecular weight excluding hydrogens is 400 g/mol. The zero-order valence-electron chi connectivity index (χ0n) is 17.1. The standard InChI is InChI=1S/C22H24N4O3S/c1-3-26(4-2)30(28,29)19-9-7-16(8-10-19)22(27)25-13-11-20-18(15-25)14-17-6-5-12-23-21(17)24-20/h5-10,12,14H,3-4,11,13,15H2,1-2H3. The first-order valence-corrected chi connectivity index (χ1v) is 11.5. The van der Waals surface area contributed by atoms with Gasteiger partial charge in [-0.2, -0.15) is 4.31 Å². The molecule has 2 aromatic heterocycles. The van der Waals surface area contributed by atoms with E-state index in [-0.39, 0.29) is 10.8 Å². The molecule has 0 saturated carbocycles. The molecule has 0 saturated heterocycles. The van der Waals surface area contributed by atoms with Gasteiger partial charge in [-0.05, 0) is 48.0 Å². The number of sulfonamides is 1. The van der Waals surface area contributed by atoms with Crippen LogP contribution in [0, 0.1) is 0 Å². The van der Waals surface area contributed by atoms with E-state index in [1.54, 1.807) is 37.1 Å². The van der Waals surface area contributed by atoms with Crippen molar-refractivity contribution in [3.63, 3.8) is 0 Å². The average Bonchev–Trinajstić information content (AvgIpc) is 2.77. The van der Waals surface area contributed by atoms with E-state index < -0.39 is 10.0 Å². The van der Waals surface area contributed by atoms with Gasteiger partial charge in [-0.1, -0.05) is 13.8 Å². The molecule has 1 amide bonds. The van der Waals surface area contributed by atoms with E-state index >= 15 is 0 Å². The van der Waals surface area contributed by atoms with E-state index in [1.165, 1.54) is 16.4 Å². The van der Waals surface area contributed by atoms with Crippen LogP contribution >= 0.6 is 0 Å². The van der Waals surface area contributed by atoms with Crippen molar-refractivity contribution in [2.45, 2.75) is 31.7 Å². The molecule has 0 N–H and O–H groups in total. The van der Waals surface area contributed by atoms with E-state index in [2.05, 4.69) is 9.97 Å². The Morgan fingerprint density at radius 3 is 2.57 bits per heavy atom. The molecule has 7 nitrogen and oxygen atoms in total. The molecule has 0 spiro atoms. The number of rotatable bonds is 5. The van der Waals surface area contributed by atoms with Crippen molar-refractivity contribution in [2.75, 3.05) is 19.6 Å². The summed E-state index contributed by atoms with van der Waals surface area (Å²) < 4.78 is 26.7. The Kier molecular flexibility index (Phi) is 5.53. The lowest BCUT2D eigenvalue weighted by atomic mass is 10.0. The molecule has 3 heterocycles. The van der Waals surface area contributed by atoms with Crippen molar-refractivity contribution in [3.8, 4) is 0 Å². The molecule has 0 unspecified atom stereocenters. The Hall–Kier alpha value is -2.84. The number of carbonyl (C=O) groups is 1. The lowest BCUT2D eigenvalue weighted by molar-refractivity contribution is 0.0733. The maximum Gasteiger partial charge on any atom is 0.254 e. The second-order valence-corrected chi connectivity index (χ2v) is 9.17. The van der Waals surface area contributed by atoms with Crippen LogP contribution in [0.4, 0.5) is 0 Å². The van der Waals surface area contributed by atoms with Gasteiger partial charge in [0.25, 0.3) is 5.91 Å². The van der Waals surface area contributed by atoms with Crippen molar-refractivity contribution in [3.05, 3.63) is 65.5 Å². The summed E-state index contributed by atoms with van der Waals surface area (Å²) >= 11 is 0. The zero-order chi connectivity index (χ0) is 21.3. The Labute approximate surface area is 176 Å². The molecular formula is C22H24N4O3S. The molecule has 1 aliphatic heterocycles. The fourth-order valence-electron chi connectivity index (χ4n) is 3.80. The highest BCUT2D eigenvalue weighted by molar-refractivity contribution is 7.89. The highest BCUT2D eigenvalue weighted by Crippen LogP contribution is 2.23. The number of aromatic nitrogens is 2. The SMILES string of the molecule is CCN(CC)S(=O)(=O)c1ccc(C(=O)N2CCc3nc4ncccc4cc3C2)cc1. The summed E-state index contributed by atoms with van der Waals surface area (Å²) in [5.41, 5.74) is 3.20. The second kappa shape index (κ2) is 8.12. The molecule has 0 atom stereocenters. The number of benzene rings is 1. The number of fused-ring (bicyclic) bond motifs is 2. The number of carbonyl (C=O) groups excluding carboxylic acids is 1. The molecule has 0 bridgehead atoms. The van der Waals surface area contributed by atoms with Crippen molar-refractivity contribution in [1.82, 2.24) is 19.2 Å². The Morgan fingerprint density at radius 1 is 1.13 bits per heavy atom. The first-order chi connectivity index (χ1) is 14.4. The molecule has 8 heteroatoms. The number of hydrogen-bond acceptors (Lipinski definition) is 5. The Morgan fingerprint density at radius 2 is 1.87 bits per heavy atom. The minimum absolute atomic E-state index is 0.112. The molecule has 3 aromatic rings. The average molecular weight is 425 g/mol. The van der Waals surface area contributed by atoms with Gasteiger partial charge in [0.2, 0.25) is 10.0 Å². The third-order valence-corrected chi connectivity index (χ3v) is 7.53. The topological polar surface area (TPSA) is 83.5 Å². The summed E-state index contributed by atoms with van der Waals surface area (Å²) in [6, 6.07) is 12.1. The molecule has 30 heavy (non-hydrogen) atoms. The Bertz CT molecular complexity index is 1190. The fourth-order valence-corrected chi connectivity index (χ4v) is 5.26. The third kappa shape index (κ3) is 3.68. The summed E-state index contributed by atoms with van der Waals surface area (Å²) in [4.78, 5) is 23.9. The second-order valence-electron chi connectivity index (χ2n) is 7.23. The number of hydrogen-bond donors (Lipinski definition) is 0. The molecule has 4 rings (SSSR count). The Balaban J connectivity index is 1.55. The summed E-state index contributed by atoms with van der Waals surface area (Å²) in [7, 11) is -3.54. The lowest BCUT2D eigenvalue weighted by Crippen LogP contribution is -2.36. The summed E-state index contributed by atoms with van der Waals surface area (Å²) in [5, 5.41) is 0.955. The van der Waals surface area contributed by atoms with Crippen LogP contribution in [-0.2, 0) is 23.0 Å². The van der Waals surface area contributed by atoms with Crippen LogP contribution in [0.3, 0.4) is 0 Å². The summed E-state index contributed by atoms with van der Waals surface area (Å²) in [5.74, 6) is -0.112. The van der Waals surface area contributed by atoms with Gasteiger partial charge < -0.3 is 4.90 Å². The molecule has 1 aliphatic rings. The monoisotopic (exact) mass is 424 g/mol. The first kappa shape index (κ1) is 20.4. The van der Waals surface area contributed by atoms with Gasteiger partial charge in [-0.15, -0.1) is 0 Å². The molecule has 1 aromatic carbocycles. The lowest BCUT2D eigenvalue weighted by Gasteiger charge is -2.28. The van der Waals surface area contributed by atoms with Crippen molar-refractivity contribution >= 4 is 27.0 Å². The van der Waals surface area contributed by atoms with Gasteiger partial charge in [-0.25, -0.2) is 18.4 Å². The maximum atomic E-state index is 13.0. The van der Waals surface area contributed by atoms with E-state index in [0.717, 1.165) is 22.3 Å². The number of amides is 1. The van der Waals surface area contributed by atoms with Crippen LogP contribution in [0.25, 0.3) is 11.0 Å². The fraction of sp³-hybridized carbons (Fsp3) is 0.318. The zero-order valence-corrected chi connectivity index (χ0v) is 17.9. The van der Waals surface area contributed by atoms with Crippen LogP contribution in [-0.4, -0.2) is 53.1 Å². The van der Waals surface area contributed by atoms with E-state index in [4.69, 9.17) is 0 Å². The van der Waals surface area contributed by atoms with Crippen LogP contribution in [0.5, 0.6) is 0 Å². The van der Waals surface area contributed by atoms with Gasteiger partial charge in [-0.3, -0.25) is 4.79 Å². The van der Waals surface area contributed by atoms with Crippen LogP contribution in [0.1, 0.15) is 35.5 Å². The third-order valence-electron chi connectivity index (χ3n) is 5.47. The first-order valence-electron chi connectivity index (χ1n) is 10.1. The predicted octanol–water partition coefficient (Wildman–Crippen LogP) is 2.86. The highest BCUT2D eigenvalue weighted by Gasteiger charge is 2.25. The number of pyridine rings is 2. The summed E-state index contributed by atoms with van der Waals surface area (Å²) in [6.07, 6.45) is 2.40. The maximum absolute atomic E-state index is 13.0. The van der Waals surface area contributed by atoms with Crippen molar-refractivity contribution in [2.24, 2.45) is 0 Å². The van der Waals surface area contributed by atoms with E-state index in [1.807, 2.05) is 18.2 Å². The molecule has 0 aliphatic carbocycles. The van der Waals surface area contributed by atoms with E-state index in [9.17, 15) is 13.2 Å². The van der Waals surface area contributed by atoms with Gasteiger partial charge in [0.1, 0.15) is 0 Å². The molecule has 0 fully saturated rings. The minimum atomic E-state index is -3.54. The minimum Gasteiger partial charge on any atom is -0.334 e. The summed E-state index contributed by atoms with van der Waals surface area (Å²) in [6.45, 7) is 5.47.